The first kappa shape index (κ1) is 12.3. The van der Waals surface area contributed by atoms with Crippen LogP contribution in [0.5, 0.6) is 0 Å². The Morgan fingerprint density at radius 3 is 2.38 bits per heavy atom. The fraction of sp³-hybridized carbons (Fsp3) is 1.00. The Morgan fingerprint density at radius 2 is 1.75 bits per heavy atom. The SMILES string of the molecule is O=S(=O)(N[C@H]1CCCNC1)C1CCCCC1. The Morgan fingerprint density at radius 1 is 1.00 bits per heavy atom. The zero-order valence-corrected chi connectivity index (χ0v) is 10.6. The van der Waals surface area contributed by atoms with Crippen molar-refractivity contribution in [3.63, 3.8) is 0 Å². The van der Waals surface area contributed by atoms with Gasteiger partial charge in [-0.25, -0.2) is 13.1 Å². The largest absolute Gasteiger partial charge is 0.315 e. The second-order valence-electron chi connectivity index (χ2n) is 4.97. The van der Waals surface area contributed by atoms with E-state index < -0.39 is 10.0 Å². The summed E-state index contributed by atoms with van der Waals surface area (Å²) in [5.41, 5.74) is 0. The molecule has 0 amide bonds. The van der Waals surface area contributed by atoms with Crippen LogP contribution in [0.4, 0.5) is 0 Å². The molecule has 0 aromatic heterocycles. The molecule has 94 valence electrons. The maximum Gasteiger partial charge on any atom is 0.214 e. The van der Waals surface area contributed by atoms with Crippen molar-refractivity contribution in [1.82, 2.24) is 10.0 Å². The topological polar surface area (TPSA) is 58.2 Å². The molecule has 5 heteroatoms. The minimum Gasteiger partial charge on any atom is -0.315 e. The molecule has 4 nitrogen and oxygen atoms in total. The summed E-state index contributed by atoms with van der Waals surface area (Å²) in [6, 6.07) is 0.112. The van der Waals surface area contributed by atoms with Crippen LogP contribution in [-0.2, 0) is 10.0 Å². The first-order valence-electron chi connectivity index (χ1n) is 6.40. The van der Waals surface area contributed by atoms with Gasteiger partial charge in [0.05, 0.1) is 5.25 Å². The number of hydrogen-bond donors (Lipinski definition) is 2. The smallest absolute Gasteiger partial charge is 0.214 e. The lowest BCUT2D eigenvalue weighted by Crippen LogP contribution is -2.48. The van der Waals surface area contributed by atoms with Crippen LogP contribution >= 0.6 is 0 Å². The third-order valence-corrected chi connectivity index (χ3v) is 5.63. The van der Waals surface area contributed by atoms with E-state index in [-0.39, 0.29) is 11.3 Å². The molecule has 2 fully saturated rings. The molecule has 0 radical (unpaired) electrons. The van der Waals surface area contributed by atoms with Gasteiger partial charge >= 0.3 is 0 Å². The Labute approximate surface area is 98.2 Å². The molecule has 0 aromatic rings. The summed E-state index contributed by atoms with van der Waals surface area (Å²) in [7, 11) is -3.07. The van der Waals surface area contributed by atoms with Crippen LogP contribution in [0.2, 0.25) is 0 Å². The summed E-state index contributed by atoms with van der Waals surface area (Å²) >= 11 is 0. The summed E-state index contributed by atoms with van der Waals surface area (Å²) in [5, 5.41) is 3.10. The van der Waals surface area contributed by atoms with E-state index in [4.69, 9.17) is 0 Å². The predicted octanol–water partition coefficient (Wildman–Crippen LogP) is 0.990. The molecule has 0 spiro atoms. The van der Waals surface area contributed by atoms with E-state index in [0.717, 1.165) is 51.6 Å². The quantitative estimate of drug-likeness (QED) is 0.781. The molecule has 1 aliphatic carbocycles. The molecular formula is C11H22N2O2S. The monoisotopic (exact) mass is 246 g/mol. The van der Waals surface area contributed by atoms with Crippen molar-refractivity contribution in [3.8, 4) is 0 Å². The second-order valence-corrected chi connectivity index (χ2v) is 6.96. The lowest BCUT2D eigenvalue weighted by atomic mass is 10.0. The van der Waals surface area contributed by atoms with Crippen LogP contribution in [0.15, 0.2) is 0 Å². The lowest BCUT2D eigenvalue weighted by Gasteiger charge is -2.28. The van der Waals surface area contributed by atoms with Gasteiger partial charge in [0.2, 0.25) is 10.0 Å². The van der Waals surface area contributed by atoms with Crippen molar-refractivity contribution in [1.29, 1.82) is 0 Å². The highest BCUT2D eigenvalue weighted by Gasteiger charge is 2.29. The Bertz CT molecular complexity index is 304. The van der Waals surface area contributed by atoms with E-state index in [1.807, 2.05) is 0 Å². The minimum atomic E-state index is -3.07. The first-order valence-corrected chi connectivity index (χ1v) is 7.95. The molecule has 1 heterocycles. The highest BCUT2D eigenvalue weighted by atomic mass is 32.2. The van der Waals surface area contributed by atoms with Crippen molar-refractivity contribution in [2.45, 2.75) is 56.2 Å². The molecule has 0 unspecified atom stereocenters. The highest BCUT2D eigenvalue weighted by molar-refractivity contribution is 7.90. The van der Waals surface area contributed by atoms with Crippen molar-refractivity contribution in [3.05, 3.63) is 0 Å². The fourth-order valence-electron chi connectivity index (χ4n) is 2.66. The Hall–Kier alpha value is -0.130. The average Bonchev–Trinajstić information content (AvgIpc) is 2.31. The molecule has 2 aliphatic rings. The predicted molar refractivity (Wildman–Crippen MR) is 64.8 cm³/mol. The van der Waals surface area contributed by atoms with E-state index in [0.29, 0.717) is 0 Å². The van der Waals surface area contributed by atoms with E-state index >= 15 is 0 Å². The summed E-state index contributed by atoms with van der Waals surface area (Å²) in [4.78, 5) is 0. The zero-order valence-electron chi connectivity index (χ0n) is 9.74. The standard InChI is InChI=1S/C11H22N2O2S/c14-16(15,11-6-2-1-3-7-11)13-10-5-4-8-12-9-10/h10-13H,1-9H2/t10-/m0/s1. The molecule has 0 bridgehead atoms. The van der Waals surface area contributed by atoms with Gasteiger partial charge in [-0.2, -0.15) is 0 Å². The normalized spacial score (nSPS) is 29.1. The Balaban J connectivity index is 1.90. The molecule has 2 N–H and O–H groups in total. The fourth-order valence-corrected chi connectivity index (χ4v) is 4.47. The second kappa shape index (κ2) is 5.47. The van der Waals surface area contributed by atoms with Crippen molar-refractivity contribution < 1.29 is 8.42 Å². The maximum absolute atomic E-state index is 12.1. The minimum absolute atomic E-state index is 0.112. The van der Waals surface area contributed by atoms with Crippen molar-refractivity contribution >= 4 is 10.0 Å². The van der Waals surface area contributed by atoms with Gasteiger partial charge < -0.3 is 5.32 Å². The zero-order chi connectivity index (χ0) is 11.4. The van der Waals surface area contributed by atoms with E-state index in [1.165, 1.54) is 6.42 Å². The molecule has 1 saturated heterocycles. The molecule has 1 saturated carbocycles. The van der Waals surface area contributed by atoms with Crippen LogP contribution in [0, 0.1) is 0 Å². The van der Waals surface area contributed by atoms with Gasteiger partial charge in [-0.3, -0.25) is 0 Å². The maximum atomic E-state index is 12.1. The van der Waals surface area contributed by atoms with Gasteiger partial charge in [0.25, 0.3) is 0 Å². The molecule has 0 aromatic carbocycles. The van der Waals surface area contributed by atoms with Crippen LogP contribution in [0.25, 0.3) is 0 Å². The van der Waals surface area contributed by atoms with Crippen LogP contribution in [-0.4, -0.2) is 32.8 Å². The van der Waals surface area contributed by atoms with Gasteiger partial charge in [-0.1, -0.05) is 19.3 Å². The van der Waals surface area contributed by atoms with Gasteiger partial charge in [0.1, 0.15) is 0 Å². The van der Waals surface area contributed by atoms with Crippen LogP contribution in [0.1, 0.15) is 44.9 Å². The average molecular weight is 246 g/mol. The number of sulfonamides is 1. The van der Waals surface area contributed by atoms with Crippen molar-refractivity contribution in [2.24, 2.45) is 0 Å². The third kappa shape index (κ3) is 3.18. The molecular weight excluding hydrogens is 224 g/mol. The van der Waals surface area contributed by atoms with Gasteiger partial charge in [0.15, 0.2) is 0 Å². The molecule has 1 aliphatic heterocycles. The lowest BCUT2D eigenvalue weighted by molar-refractivity contribution is 0.418. The summed E-state index contributed by atoms with van der Waals surface area (Å²) in [6.07, 6.45) is 7.04. The molecule has 16 heavy (non-hydrogen) atoms. The van der Waals surface area contributed by atoms with Crippen molar-refractivity contribution in [2.75, 3.05) is 13.1 Å². The Kier molecular flexibility index (Phi) is 4.21. The number of nitrogens with one attached hydrogen (secondary N) is 2. The highest BCUT2D eigenvalue weighted by Crippen LogP contribution is 2.23. The molecule has 2 rings (SSSR count). The van der Waals surface area contributed by atoms with Gasteiger partial charge in [-0.15, -0.1) is 0 Å². The van der Waals surface area contributed by atoms with Crippen LogP contribution in [0.3, 0.4) is 0 Å². The third-order valence-electron chi connectivity index (χ3n) is 3.62. The van der Waals surface area contributed by atoms with Gasteiger partial charge in [0, 0.05) is 12.6 Å². The van der Waals surface area contributed by atoms with Gasteiger partial charge in [-0.05, 0) is 32.2 Å². The van der Waals surface area contributed by atoms with Crippen LogP contribution < -0.4 is 10.0 Å². The molecule has 1 atom stereocenters. The summed E-state index contributed by atoms with van der Waals surface area (Å²) < 4.78 is 27.1. The summed E-state index contributed by atoms with van der Waals surface area (Å²) in [6.45, 7) is 1.80. The number of hydrogen-bond acceptors (Lipinski definition) is 3. The van der Waals surface area contributed by atoms with E-state index in [2.05, 4.69) is 10.0 Å². The van der Waals surface area contributed by atoms with E-state index in [9.17, 15) is 8.42 Å². The van der Waals surface area contributed by atoms with E-state index in [1.54, 1.807) is 0 Å². The summed E-state index contributed by atoms with van der Waals surface area (Å²) in [5.74, 6) is 0. The number of piperidine rings is 1. The number of rotatable bonds is 3. The first-order chi connectivity index (χ1) is 7.68.